The molecule has 0 heterocycles. The maximum Gasteiger partial charge on any atom is 0.339 e. The van der Waals surface area contributed by atoms with Crippen LogP contribution in [0.3, 0.4) is 0 Å². The van der Waals surface area contributed by atoms with Crippen molar-refractivity contribution < 1.29 is 19.8 Å². The second-order valence-electron chi connectivity index (χ2n) is 9.25. The highest BCUT2D eigenvalue weighted by molar-refractivity contribution is 5.92. The van der Waals surface area contributed by atoms with Crippen LogP contribution in [0.2, 0.25) is 0 Å². The molecule has 0 spiro atoms. The van der Waals surface area contributed by atoms with Gasteiger partial charge < -0.3 is 15.1 Å². The zero-order chi connectivity index (χ0) is 24.1. The Bertz CT molecular complexity index is 1150. The molecule has 0 aromatic heterocycles. The molecule has 0 bridgehead atoms. The number of amides is 1. The fraction of sp³-hybridized carbons (Fsp3) is 0.310. The molecule has 0 unspecified atom stereocenters. The number of phenols is 1. The minimum absolute atomic E-state index is 0.102. The Morgan fingerprint density at radius 3 is 1.97 bits per heavy atom. The topological polar surface area (TPSA) is 77.8 Å². The fourth-order valence-corrected chi connectivity index (χ4v) is 4.64. The molecule has 3 aromatic carbocycles. The number of hydrogen-bond acceptors (Lipinski definition) is 3. The summed E-state index contributed by atoms with van der Waals surface area (Å²) >= 11 is 0. The van der Waals surface area contributed by atoms with Gasteiger partial charge in [0.05, 0.1) is 0 Å². The lowest BCUT2D eigenvalue weighted by atomic mass is 9.88. The van der Waals surface area contributed by atoms with E-state index in [0.717, 1.165) is 47.9 Å². The Hall–Kier alpha value is -3.60. The molecule has 1 aliphatic carbocycles. The summed E-state index contributed by atoms with van der Waals surface area (Å²) in [5.74, 6) is -1.08. The maximum atomic E-state index is 13.4. The van der Waals surface area contributed by atoms with E-state index in [0.29, 0.717) is 13.1 Å². The summed E-state index contributed by atoms with van der Waals surface area (Å²) < 4.78 is 0. The van der Waals surface area contributed by atoms with Gasteiger partial charge >= 0.3 is 5.97 Å². The largest absolute Gasteiger partial charge is 0.507 e. The van der Waals surface area contributed by atoms with Crippen molar-refractivity contribution in [2.24, 2.45) is 5.92 Å². The van der Waals surface area contributed by atoms with Crippen LogP contribution in [0.5, 0.6) is 5.75 Å². The average molecular weight is 458 g/mol. The van der Waals surface area contributed by atoms with Crippen LogP contribution in [0.15, 0.2) is 66.7 Å². The second-order valence-corrected chi connectivity index (χ2v) is 9.25. The Balaban J connectivity index is 1.54. The second kappa shape index (κ2) is 10.6. The minimum Gasteiger partial charge on any atom is -0.507 e. The molecule has 2 N–H and O–H groups in total. The minimum atomic E-state index is -1.16. The van der Waals surface area contributed by atoms with Gasteiger partial charge in [-0.15, -0.1) is 0 Å². The molecule has 1 amide bonds. The molecule has 0 saturated heterocycles. The van der Waals surface area contributed by atoms with Crippen LogP contribution in [0.1, 0.15) is 59.2 Å². The average Bonchev–Trinajstić information content (AvgIpc) is 2.85. The predicted molar refractivity (Wildman–Crippen MR) is 133 cm³/mol. The summed E-state index contributed by atoms with van der Waals surface area (Å²) in [6, 6.07) is 20.7. The van der Waals surface area contributed by atoms with Crippen molar-refractivity contribution in [3.63, 3.8) is 0 Å². The number of carboxylic acid groups (broad SMARTS) is 1. The lowest BCUT2D eigenvalue weighted by Crippen LogP contribution is -2.36. The number of aromatic carboxylic acids is 1. The van der Waals surface area contributed by atoms with Gasteiger partial charge in [-0.1, -0.05) is 79.4 Å². The van der Waals surface area contributed by atoms with Gasteiger partial charge in [0.1, 0.15) is 11.3 Å². The predicted octanol–water partition coefficient (Wildman–Crippen LogP) is 6.17. The lowest BCUT2D eigenvalue weighted by Gasteiger charge is -2.30. The molecule has 4 rings (SSSR count). The molecule has 0 radical (unpaired) electrons. The van der Waals surface area contributed by atoms with Crippen molar-refractivity contribution in [3.8, 4) is 16.9 Å². The van der Waals surface area contributed by atoms with Crippen LogP contribution < -0.4 is 0 Å². The maximum absolute atomic E-state index is 13.4. The van der Waals surface area contributed by atoms with E-state index in [1.807, 2.05) is 29.2 Å². The van der Waals surface area contributed by atoms with Crippen molar-refractivity contribution >= 4 is 11.9 Å². The van der Waals surface area contributed by atoms with E-state index < -0.39 is 5.97 Å². The van der Waals surface area contributed by atoms with E-state index in [-0.39, 0.29) is 23.1 Å². The van der Waals surface area contributed by atoms with Crippen molar-refractivity contribution in [2.75, 3.05) is 0 Å². The summed E-state index contributed by atoms with van der Waals surface area (Å²) in [4.78, 5) is 26.8. The number of benzene rings is 3. The molecule has 0 aliphatic heterocycles. The van der Waals surface area contributed by atoms with E-state index >= 15 is 0 Å². The highest BCUT2D eigenvalue weighted by atomic mass is 16.4. The Labute approximate surface area is 200 Å². The summed E-state index contributed by atoms with van der Waals surface area (Å²) in [5.41, 5.74) is 4.80. The number of rotatable bonds is 7. The third-order valence-corrected chi connectivity index (χ3v) is 6.65. The molecular weight excluding hydrogens is 426 g/mol. The quantitative estimate of drug-likeness (QED) is 0.444. The van der Waals surface area contributed by atoms with E-state index in [4.69, 9.17) is 0 Å². The number of carboxylic acids is 1. The Kier molecular flexibility index (Phi) is 7.31. The molecule has 34 heavy (non-hydrogen) atoms. The van der Waals surface area contributed by atoms with Crippen molar-refractivity contribution in [2.45, 2.75) is 52.1 Å². The summed E-state index contributed by atoms with van der Waals surface area (Å²) in [6.07, 6.45) is 5.39. The first-order valence-electron chi connectivity index (χ1n) is 11.9. The van der Waals surface area contributed by atoms with E-state index in [2.05, 4.69) is 31.2 Å². The van der Waals surface area contributed by atoms with Crippen molar-refractivity contribution in [1.82, 2.24) is 4.90 Å². The monoisotopic (exact) mass is 457 g/mol. The third-order valence-electron chi connectivity index (χ3n) is 6.65. The molecule has 5 nitrogen and oxygen atoms in total. The molecule has 1 saturated carbocycles. The summed E-state index contributed by atoms with van der Waals surface area (Å²) in [6.45, 7) is 3.17. The molecule has 3 aromatic rings. The SMILES string of the molecule is Cc1ccc(CN(Cc2ccc(-c3ccc(O)c(C(=O)O)c3)cc2)C(=O)C2CCCCC2)cc1. The van der Waals surface area contributed by atoms with Gasteiger partial charge in [-0.2, -0.15) is 0 Å². The zero-order valence-corrected chi connectivity index (χ0v) is 19.5. The van der Waals surface area contributed by atoms with Crippen LogP contribution in [0, 0.1) is 12.8 Å². The highest BCUT2D eigenvalue weighted by Gasteiger charge is 2.26. The third kappa shape index (κ3) is 5.66. The standard InChI is InChI=1S/C29H31NO4/c1-20-7-9-21(10-8-20)18-30(28(32)24-5-3-2-4-6-24)19-22-11-13-23(14-12-22)25-15-16-27(31)26(17-25)29(33)34/h7-17,24,31H,2-6,18-19H2,1H3,(H,33,34). The molecular formula is C29H31NO4. The molecule has 0 atom stereocenters. The van der Waals surface area contributed by atoms with Crippen LogP contribution in [-0.4, -0.2) is 27.0 Å². The van der Waals surface area contributed by atoms with E-state index in [9.17, 15) is 19.8 Å². The first-order chi connectivity index (χ1) is 16.4. The van der Waals surface area contributed by atoms with Crippen molar-refractivity contribution in [1.29, 1.82) is 0 Å². The zero-order valence-electron chi connectivity index (χ0n) is 19.5. The number of nitrogens with zero attached hydrogens (tertiary/aromatic N) is 1. The van der Waals surface area contributed by atoms with Gasteiger partial charge in [0.15, 0.2) is 0 Å². The van der Waals surface area contributed by atoms with Gasteiger partial charge in [0, 0.05) is 19.0 Å². The molecule has 1 fully saturated rings. The Morgan fingerprint density at radius 1 is 0.824 bits per heavy atom. The van der Waals surface area contributed by atoms with Gasteiger partial charge in [0.2, 0.25) is 5.91 Å². The fourth-order valence-electron chi connectivity index (χ4n) is 4.64. The molecule has 176 valence electrons. The van der Waals surface area contributed by atoms with Crippen LogP contribution in [0.25, 0.3) is 11.1 Å². The van der Waals surface area contributed by atoms with E-state index in [1.54, 1.807) is 6.07 Å². The number of hydrogen-bond donors (Lipinski definition) is 2. The van der Waals surface area contributed by atoms with Crippen LogP contribution in [0.4, 0.5) is 0 Å². The summed E-state index contributed by atoms with van der Waals surface area (Å²) in [5, 5.41) is 19.1. The van der Waals surface area contributed by atoms with Gasteiger partial charge in [-0.05, 0) is 54.2 Å². The highest BCUT2D eigenvalue weighted by Crippen LogP contribution is 2.29. The molecule has 1 aliphatic rings. The van der Waals surface area contributed by atoms with Gasteiger partial charge in [0.25, 0.3) is 0 Å². The van der Waals surface area contributed by atoms with Crippen LogP contribution >= 0.6 is 0 Å². The number of aryl methyl sites for hydroxylation is 1. The van der Waals surface area contributed by atoms with Crippen LogP contribution in [-0.2, 0) is 17.9 Å². The smallest absolute Gasteiger partial charge is 0.339 e. The summed E-state index contributed by atoms with van der Waals surface area (Å²) in [7, 11) is 0. The number of carbonyl (C=O) groups excluding carboxylic acids is 1. The van der Waals surface area contributed by atoms with Gasteiger partial charge in [-0.3, -0.25) is 4.79 Å². The Morgan fingerprint density at radius 2 is 1.38 bits per heavy atom. The first-order valence-corrected chi connectivity index (χ1v) is 11.9. The normalized spacial score (nSPS) is 14.0. The van der Waals surface area contributed by atoms with Gasteiger partial charge in [-0.25, -0.2) is 4.79 Å². The van der Waals surface area contributed by atoms with Crippen molar-refractivity contribution in [3.05, 3.63) is 89.0 Å². The lowest BCUT2D eigenvalue weighted by molar-refractivity contribution is -0.137. The van der Waals surface area contributed by atoms with E-state index in [1.165, 1.54) is 24.1 Å². The molecule has 5 heteroatoms. The number of aromatic hydroxyl groups is 1. The number of carbonyl (C=O) groups is 2. The first kappa shape index (κ1) is 23.6.